The van der Waals surface area contributed by atoms with Gasteiger partial charge in [0.05, 0.1) is 4.90 Å². The van der Waals surface area contributed by atoms with Gasteiger partial charge in [-0.05, 0) is 37.3 Å². The number of hydrogen-bond acceptors (Lipinski definition) is 3. The van der Waals surface area contributed by atoms with E-state index >= 15 is 0 Å². The highest BCUT2D eigenvalue weighted by atomic mass is 32.2. The maximum absolute atomic E-state index is 12.8. The summed E-state index contributed by atoms with van der Waals surface area (Å²) in [6.07, 6.45) is 1.37. The first-order valence-electron chi connectivity index (χ1n) is 6.97. The fraction of sp³-hybridized carbons (Fsp3) is 0.533. The minimum Gasteiger partial charge on any atom is -0.480 e. The first-order chi connectivity index (χ1) is 9.66. The van der Waals surface area contributed by atoms with Crippen molar-refractivity contribution < 1.29 is 18.3 Å². The third-order valence-electron chi connectivity index (χ3n) is 4.09. The Hall–Kier alpha value is -1.40. The zero-order chi connectivity index (χ0) is 15.8. The molecule has 0 amide bonds. The number of carbonyl (C=O) groups is 1. The van der Waals surface area contributed by atoms with Crippen LogP contribution in [0.2, 0.25) is 0 Å². The molecule has 0 radical (unpaired) electrons. The van der Waals surface area contributed by atoms with Crippen LogP contribution in [-0.2, 0) is 14.8 Å². The number of aryl methyl sites for hydroxylation is 1. The molecule has 5 nitrogen and oxygen atoms in total. The van der Waals surface area contributed by atoms with Gasteiger partial charge < -0.3 is 5.11 Å². The maximum Gasteiger partial charge on any atom is 0.322 e. The Balaban J connectivity index is 2.46. The second-order valence-corrected chi connectivity index (χ2v) is 8.15. The quantitative estimate of drug-likeness (QED) is 0.929. The van der Waals surface area contributed by atoms with Gasteiger partial charge in [-0.2, -0.15) is 4.31 Å². The number of nitrogens with zero attached hydrogens (tertiary/aromatic N) is 1. The van der Waals surface area contributed by atoms with E-state index in [1.165, 1.54) is 12.1 Å². The SMILES string of the molecule is Cc1ccc(S(=O)(=O)N2CCCC(C)(C)C2C(=O)O)cc1. The average Bonchev–Trinajstić information content (AvgIpc) is 2.37. The molecule has 1 unspecified atom stereocenters. The second-order valence-electron chi connectivity index (χ2n) is 6.26. The van der Waals surface area contributed by atoms with Gasteiger partial charge in [0, 0.05) is 6.54 Å². The van der Waals surface area contributed by atoms with Gasteiger partial charge >= 0.3 is 5.97 Å². The number of carboxylic acid groups (broad SMARTS) is 1. The minimum absolute atomic E-state index is 0.150. The van der Waals surface area contributed by atoms with Crippen molar-refractivity contribution in [3.05, 3.63) is 29.8 Å². The summed E-state index contributed by atoms with van der Waals surface area (Å²) in [6, 6.07) is 5.48. The fourth-order valence-corrected chi connectivity index (χ4v) is 4.68. The summed E-state index contributed by atoms with van der Waals surface area (Å²) in [7, 11) is -3.79. The summed E-state index contributed by atoms with van der Waals surface area (Å²) in [4.78, 5) is 11.8. The van der Waals surface area contributed by atoms with E-state index in [1.807, 2.05) is 20.8 Å². The van der Waals surface area contributed by atoms with Gasteiger partial charge in [0.15, 0.2) is 0 Å². The molecule has 0 spiro atoms. The first-order valence-corrected chi connectivity index (χ1v) is 8.41. The van der Waals surface area contributed by atoms with Crippen molar-refractivity contribution >= 4 is 16.0 Å². The molecule has 2 rings (SSSR count). The summed E-state index contributed by atoms with van der Waals surface area (Å²) < 4.78 is 26.7. The average molecular weight is 311 g/mol. The highest BCUT2D eigenvalue weighted by Crippen LogP contribution is 2.38. The summed E-state index contributed by atoms with van der Waals surface area (Å²) in [5.74, 6) is -1.09. The van der Waals surface area contributed by atoms with E-state index in [4.69, 9.17) is 0 Å². The number of aliphatic carboxylic acids is 1. The molecule has 1 aliphatic heterocycles. The topological polar surface area (TPSA) is 74.7 Å². The molecular weight excluding hydrogens is 290 g/mol. The van der Waals surface area contributed by atoms with Crippen LogP contribution in [0, 0.1) is 12.3 Å². The van der Waals surface area contributed by atoms with E-state index in [0.717, 1.165) is 9.87 Å². The van der Waals surface area contributed by atoms with Gasteiger partial charge in [-0.15, -0.1) is 0 Å². The van der Waals surface area contributed by atoms with Gasteiger partial charge in [0.2, 0.25) is 10.0 Å². The van der Waals surface area contributed by atoms with Crippen LogP contribution in [0.25, 0.3) is 0 Å². The van der Waals surface area contributed by atoms with Crippen LogP contribution in [0.5, 0.6) is 0 Å². The van der Waals surface area contributed by atoms with E-state index in [1.54, 1.807) is 12.1 Å². The highest BCUT2D eigenvalue weighted by Gasteiger charge is 2.47. The summed E-state index contributed by atoms with van der Waals surface area (Å²) in [5.41, 5.74) is 0.379. The van der Waals surface area contributed by atoms with Crippen molar-refractivity contribution in [3.63, 3.8) is 0 Å². The highest BCUT2D eigenvalue weighted by molar-refractivity contribution is 7.89. The van der Waals surface area contributed by atoms with Crippen LogP contribution in [-0.4, -0.2) is 36.4 Å². The van der Waals surface area contributed by atoms with E-state index in [2.05, 4.69) is 0 Å². The minimum atomic E-state index is -3.79. The molecule has 1 saturated heterocycles. The molecule has 1 atom stereocenters. The van der Waals surface area contributed by atoms with E-state index < -0.39 is 27.4 Å². The molecular formula is C15H21NO4S. The Morgan fingerprint density at radius 1 is 1.29 bits per heavy atom. The van der Waals surface area contributed by atoms with Crippen LogP contribution in [0.3, 0.4) is 0 Å². The summed E-state index contributed by atoms with van der Waals surface area (Å²) in [6.45, 7) is 5.74. The third kappa shape index (κ3) is 2.96. The van der Waals surface area contributed by atoms with Crippen molar-refractivity contribution in [2.45, 2.75) is 44.6 Å². The second kappa shape index (κ2) is 5.42. The van der Waals surface area contributed by atoms with Gasteiger partial charge in [-0.25, -0.2) is 8.42 Å². The van der Waals surface area contributed by atoms with Crippen LogP contribution in [0.4, 0.5) is 0 Å². The Labute approximate surface area is 125 Å². The normalized spacial score (nSPS) is 22.9. The molecule has 116 valence electrons. The zero-order valence-corrected chi connectivity index (χ0v) is 13.4. The first kappa shape index (κ1) is 16.0. The number of rotatable bonds is 3. The molecule has 1 aliphatic rings. The summed E-state index contributed by atoms with van der Waals surface area (Å²) >= 11 is 0. The third-order valence-corrected chi connectivity index (χ3v) is 5.97. The van der Waals surface area contributed by atoms with Gasteiger partial charge in [-0.1, -0.05) is 31.5 Å². The van der Waals surface area contributed by atoms with E-state index in [9.17, 15) is 18.3 Å². The van der Waals surface area contributed by atoms with Crippen molar-refractivity contribution in [3.8, 4) is 0 Å². The molecule has 6 heteroatoms. The Morgan fingerprint density at radius 2 is 1.86 bits per heavy atom. The largest absolute Gasteiger partial charge is 0.480 e. The Kier molecular flexibility index (Phi) is 4.13. The van der Waals surface area contributed by atoms with E-state index in [0.29, 0.717) is 12.8 Å². The molecule has 1 aromatic carbocycles. The van der Waals surface area contributed by atoms with Crippen molar-refractivity contribution in [2.75, 3.05) is 6.54 Å². The lowest BCUT2D eigenvalue weighted by atomic mass is 9.77. The van der Waals surface area contributed by atoms with Crippen LogP contribution >= 0.6 is 0 Å². The molecule has 0 aliphatic carbocycles. The van der Waals surface area contributed by atoms with E-state index in [-0.39, 0.29) is 11.4 Å². The number of sulfonamides is 1. The lowest BCUT2D eigenvalue weighted by molar-refractivity contribution is -0.147. The number of carboxylic acids is 1. The maximum atomic E-state index is 12.8. The van der Waals surface area contributed by atoms with Crippen LogP contribution < -0.4 is 0 Å². The standard InChI is InChI=1S/C15H21NO4S/c1-11-5-7-12(8-6-11)21(19,20)16-10-4-9-15(2,3)13(16)14(17)18/h5-8,13H,4,9-10H2,1-3H3,(H,17,18). The lowest BCUT2D eigenvalue weighted by Gasteiger charge is -2.42. The predicted octanol–water partition coefficient (Wildman–Crippen LogP) is 2.26. The number of piperidine rings is 1. The fourth-order valence-electron chi connectivity index (χ4n) is 2.91. The lowest BCUT2D eigenvalue weighted by Crippen LogP contribution is -2.56. The molecule has 1 fully saturated rings. The van der Waals surface area contributed by atoms with Gasteiger partial charge in [0.25, 0.3) is 0 Å². The molecule has 21 heavy (non-hydrogen) atoms. The zero-order valence-electron chi connectivity index (χ0n) is 12.5. The Morgan fingerprint density at radius 3 is 2.38 bits per heavy atom. The van der Waals surface area contributed by atoms with Gasteiger partial charge in [-0.3, -0.25) is 4.79 Å². The Bertz CT molecular complexity index is 634. The molecule has 0 saturated carbocycles. The van der Waals surface area contributed by atoms with Crippen molar-refractivity contribution in [1.29, 1.82) is 0 Å². The number of hydrogen-bond donors (Lipinski definition) is 1. The predicted molar refractivity (Wildman–Crippen MR) is 79.5 cm³/mol. The monoisotopic (exact) mass is 311 g/mol. The molecule has 0 bridgehead atoms. The van der Waals surface area contributed by atoms with Gasteiger partial charge in [0.1, 0.15) is 6.04 Å². The molecule has 1 N–H and O–H groups in total. The molecule has 1 heterocycles. The van der Waals surface area contributed by atoms with Crippen LogP contribution in [0.15, 0.2) is 29.2 Å². The van der Waals surface area contributed by atoms with Crippen molar-refractivity contribution in [1.82, 2.24) is 4.31 Å². The van der Waals surface area contributed by atoms with Crippen molar-refractivity contribution in [2.24, 2.45) is 5.41 Å². The molecule has 1 aromatic rings. The number of benzene rings is 1. The smallest absolute Gasteiger partial charge is 0.322 e. The van der Waals surface area contributed by atoms with Crippen LogP contribution in [0.1, 0.15) is 32.3 Å². The summed E-state index contributed by atoms with van der Waals surface area (Å²) in [5, 5.41) is 9.49. The molecule has 0 aromatic heterocycles.